The minimum Gasteiger partial charge on any atom is -0.299 e. The third-order valence-electron chi connectivity index (χ3n) is 3.27. The predicted octanol–water partition coefficient (Wildman–Crippen LogP) is 3.28. The molecule has 2 aromatic rings. The van der Waals surface area contributed by atoms with Crippen molar-refractivity contribution >= 4 is 21.4 Å². The van der Waals surface area contributed by atoms with Crippen LogP contribution in [0.5, 0.6) is 0 Å². The van der Waals surface area contributed by atoms with E-state index in [1.165, 1.54) is 29.6 Å². The van der Waals surface area contributed by atoms with Crippen LogP contribution in [0.2, 0.25) is 0 Å². The van der Waals surface area contributed by atoms with Gasteiger partial charge in [-0.05, 0) is 30.0 Å². The van der Waals surface area contributed by atoms with Crippen LogP contribution in [0.15, 0.2) is 24.3 Å². The molecule has 0 spiro atoms. The van der Waals surface area contributed by atoms with Gasteiger partial charge in [0.2, 0.25) is 0 Å². The molecule has 1 nitrogen and oxygen atoms in total. The Morgan fingerprint density at radius 2 is 2.20 bits per heavy atom. The second kappa shape index (κ2) is 3.62. The van der Waals surface area contributed by atoms with Gasteiger partial charge in [0.15, 0.2) is 0 Å². The molecule has 0 radical (unpaired) electrons. The molecule has 0 aliphatic carbocycles. The summed E-state index contributed by atoms with van der Waals surface area (Å²) >= 11 is 1.99. The lowest BCUT2D eigenvalue weighted by molar-refractivity contribution is 0.271. The summed E-state index contributed by atoms with van der Waals surface area (Å²) in [4.78, 5) is 4.14. The molecule has 0 N–H and O–H groups in total. The van der Waals surface area contributed by atoms with Crippen LogP contribution >= 0.6 is 11.3 Å². The fourth-order valence-corrected chi connectivity index (χ4v) is 3.56. The highest BCUT2D eigenvalue weighted by Crippen LogP contribution is 2.34. The summed E-state index contributed by atoms with van der Waals surface area (Å²) in [7, 11) is 0. The van der Waals surface area contributed by atoms with Crippen LogP contribution in [-0.2, 0) is 13.0 Å². The molecule has 2 heterocycles. The van der Waals surface area contributed by atoms with E-state index in [0.29, 0.717) is 0 Å². The van der Waals surface area contributed by atoms with Crippen molar-refractivity contribution in [3.8, 4) is 0 Å². The van der Waals surface area contributed by atoms with Crippen LogP contribution in [0.1, 0.15) is 17.4 Å². The van der Waals surface area contributed by atoms with Gasteiger partial charge in [0, 0.05) is 22.7 Å². The van der Waals surface area contributed by atoms with E-state index in [4.69, 9.17) is 0 Å². The van der Waals surface area contributed by atoms with E-state index in [-0.39, 0.29) is 0 Å². The topological polar surface area (TPSA) is 3.24 Å². The van der Waals surface area contributed by atoms with Gasteiger partial charge in [0.1, 0.15) is 0 Å². The van der Waals surface area contributed by atoms with E-state index in [0.717, 1.165) is 6.54 Å². The number of nitrogens with zero attached hydrogens (tertiary/aromatic N) is 1. The van der Waals surface area contributed by atoms with Crippen LogP contribution in [0.4, 0.5) is 0 Å². The summed E-state index contributed by atoms with van der Waals surface area (Å²) in [6.07, 6.45) is 1.24. The zero-order valence-electron chi connectivity index (χ0n) is 8.99. The standard InChI is InChI=1S/C13H15NS/c1-2-14-8-7-13-11(9-14)10-5-3-4-6-12(10)15-13/h3-6H,2,7-9H2,1H3. The molecule has 0 unspecified atom stereocenters. The van der Waals surface area contributed by atoms with Crippen molar-refractivity contribution < 1.29 is 0 Å². The van der Waals surface area contributed by atoms with Gasteiger partial charge in [-0.3, -0.25) is 4.90 Å². The number of likely N-dealkylation sites (N-methyl/N-ethyl adjacent to an activating group) is 1. The van der Waals surface area contributed by atoms with Crippen LogP contribution in [0.3, 0.4) is 0 Å². The molecule has 15 heavy (non-hydrogen) atoms. The number of fused-ring (bicyclic) bond motifs is 3. The molecule has 0 atom stereocenters. The van der Waals surface area contributed by atoms with E-state index in [2.05, 4.69) is 36.1 Å². The lowest BCUT2D eigenvalue weighted by Crippen LogP contribution is -2.29. The molecule has 0 fully saturated rings. The fourth-order valence-electron chi connectivity index (χ4n) is 2.36. The average molecular weight is 217 g/mol. The molecule has 1 aromatic heterocycles. The fraction of sp³-hybridized carbons (Fsp3) is 0.385. The van der Waals surface area contributed by atoms with Gasteiger partial charge in [-0.15, -0.1) is 11.3 Å². The van der Waals surface area contributed by atoms with E-state index in [1.54, 1.807) is 10.4 Å². The Hall–Kier alpha value is -0.860. The number of thiophene rings is 1. The van der Waals surface area contributed by atoms with Gasteiger partial charge in [-0.1, -0.05) is 25.1 Å². The van der Waals surface area contributed by atoms with Gasteiger partial charge in [0.05, 0.1) is 0 Å². The second-order valence-electron chi connectivity index (χ2n) is 4.12. The first-order valence-electron chi connectivity index (χ1n) is 5.60. The predicted molar refractivity (Wildman–Crippen MR) is 66.5 cm³/mol. The summed E-state index contributed by atoms with van der Waals surface area (Å²) in [5.74, 6) is 0. The van der Waals surface area contributed by atoms with E-state index < -0.39 is 0 Å². The highest BCUT2D eigenvalue weighted by atomic mass is 32.1. The van der Waals surface area contributed by atoms with Crippen LogP contribution in [0, 0.1) is 0 Å². The monoisotopic (exact) mass is 217 g/mol. The Kier molecular flexibility index (Phi) is 2.26. The van der Waals surface area contributed by atoms with Gasteiger partial charge in [-0.25, -0.2) is 0 Å². The molecular weight excluding hydrogens is 202 g/mol. The molecular formula is C13H15NS. The maximum absolute atomic E-state index is 2.53. The molecule has 3 rings (SSSR count). The lowest BCUT2D eigenvalue weighted by Gasteiger charge is -2.25. The largest absolute Gasteiger partial charge is 0.299 e. The molecule has 1 aliphatic heterocycles. The van der Waals surface area contributed by atoms with Crippen molar-refractivity contribution in [3.05, 3.63) is 34.7 Å². The normalized spacial score (nSPS) is 16.9. The van der Waals surface area contributed by atoms with Crippen LogP contribution in [-0.4, -0.2) is 18.0 Å². The molecule has 0 bridgehead atoms. The van der Waals surface area contributed by atoms with E-state index >= 15 is 0 Å². The average Bonchev–Trinajstić information content (AvgIpc) is 2.66. The van der Waals surface area contributed by atoms with Crippen molar-refractivity contribution in [2.45, 2.75) is 19.9 Å². The highest BCUT2D eigenvalue weighted by Gasteiger charge is 2.19. The Bertz CT molecular complexity index is 486. The molecule has 0 amide bonds. The first kappa shape index (κ1) is 9.37. The second-order valence-corrected chi connectivity index (χ2v) is 5.26. The first-order chi connectivity index (χ1) is 7.38. The first-order valence-corrected chi connectivity index (χ1v) is 6.41. The maximum atomic E-state index is 2.53. The quantitative estimate of drug-likeness (QED) is 0.708. The lowest BCUT2D eigenvalue weighted by atomic mass is 10.1. The van der Waals surface area contributed by atoms with Gasteiger partial charge >= 0.3 is 0 Å². The Morgan fingerprint density at radius 3 is 3.07 bits per heavy atom. The maximum Gasteiger partial charge on any atom is 0.0349 e. The van der Waals surface area contributed by atoms with Crippen molar-refractivity contribution in [1.82, 2.24) is 4.90 Å². The van der Waals surface area contributed by atoms with Crippen LogP contribution in [0.25, 0.3) is 10.1 Å². The van der Waals surface area contributed by atoms with Crippen molar-refractivity contribution in [3.63, 3.8) is 0 Å². The smallest absolute Gasteiger partial charge is 0.0349 e. The molecule has 1 aliphatic rings. The summed E-state index contributed by atoms with van der Waals surface area (Å²) in [5, 5.41) is 1.48. The number of hydrogen-bond acceptors (Lipinski definition) is 2. The molecule has 0 saturated heterocycles. The zero-order valence-corrected chi connectivity index (χ0v) is 9.81. The van der Waals surface area contributed by atoms with Crippen molar-refractivity contribution in [2.75, 3.05) is 13.1 Å². The number of rotatable bonds is 1. The minimum absolute atomic E-state index is 1.15. The number of hydrogen-bond donors (Lipinski definition) is 0. The van der Waals surface area contributed by atoms with E-state index in [1.807, 2.05) is 11.3 Å². The summed E-state index contributed by atoms with van der Waals surface area (Å²) in [6, 6.07) is 8.81. The van der Waals surface area contributed by atoms with Crippen molar-refractivity contribution in [1.29, 1.82) is 0 Å². The van der Waals surface area contributed by atoms with Crippen LogP contribution < -0.4 is 0 Å². The molecule has 1 aromatic carbocycles. The van der Waals surface area contributed by atoms with Gasteiger partial charge < -0.3 is 0 Å². The number of benzene rings is 1. The highest BCUT2D eigenvalue weighted by molar-refractivity contribution is 7.19. The minimum atomic E-state index is 1.15. The third kappa shape index (κ3) is 1.48. The Labute approximate surface area is 94.3 Å². The Balaban J connectivity index is 2.14. The van der Waals surface area contributed by atoms with Crippen molar-refractivity contribution in [2.24, 2.45) is 0 Å². The molecule has 2 heteroatoms. The molecule has 0 saturated carbocycles. The van der Waals surface area contributed by atoms with Gasteiger partial charge in [-0.2, -0.15) is 0 Å². The third-order valence-corrected chi connectivity index (χ3v) is 4.54. The Morgan fingerprint density at radius 1 is 1.33 bits per heavy atom. The zero-order chi connectivity index (χ0) is 10.3. The summed E-state index contributed by atoms with van der Waals surface area (Å²) in [5.41, 5.74) is 1.59. The summed E-state index contributed by atoms with van der Waals surface area (Å²) in [6.45, 7) is 5.80. The molecule has 78 valence electrons. The van der Waals surface area contributed by atoms with E-state index in [9.17, 15) is 0 Å². The van der Waals surface area contributed by atoms with Gasteiger partial charge in [0.25, 0.3) is 0 Å². The SMILES string of the molecule is CCN1CCc2sc3ccccc3c2C1. The summed E-state index contributed by atoms with van der Waals surface area (Å²) < 4.78 is 1.46.